The predicted octanol–water partition coefficient (Wildman–Crippen LogP) is 3.13. The third-order valence-electron chi connectivity index (χ3n) is 3.23. The number of halogens is 1. The van der Waals surface area contributed by atoms with E-state index in [9.17, 15) is 4.39 Å². The van der Waals surface area contributed by atoms with Crippen molar-refractivity contribution in [2.24, 2.45) is 11.7 Å². The molecule has 2 heteroatoms. The summed E-state index contributed by atoms with van der Waals surface area (Å²) in [5, 5.41) is 0. The Morgan fingerprint density at radius 1 is 1.40 bits per heavy atom. The summed E-state index contributed by atoms with van der Waals surface area (Å²) in [7, 11) is 0. The standard InChI is InChI=1S/C13H20FN/c1-4-13(15,10(2)3)9-11-6-5-7-12(14)8-11/h5-8,10H,4,9,15H2,1-3H3. The van der Waals surface area contributed by atoms with Gasteiger partial charge in [-0.25, -0.2) is 4.39 Å². The zero-order chi connectivity index (χ0) is 11.5. The molecule has 0 bridgehead atoms. The average Bonchev–Trinajstić information content (AvgIpc) is 2.17. The van der Waals surface area contributed by atoms with Crippen molar-refractivity contribution in [3.63, 3.8) is 0 Å². The topological polar surface area (TPSA) is 26.0 Å². The molecule has 0 saturated heterocycles. The second-order valence-electron chi connectivity index (χ2n) is 4.55. The van der Waals surface area contributed by atoms with E-state index in [1.54, 1.807) is 12.1 Å². The molecule has 1 aromatic rings. The molecular weight excluding hydrogens is 189 g/mol. The van der Waals surface area contributed by atoms with E-state index in [4.69, 9.17) is 5.73 Å². The van der Waals surface area contributed by atoms with Crippen molar-refractivity contribution in [3.8, 4) is 0 Å². The lowest BCUT2D eigenvalue weighted by Crippen LogP contribution is -2.46. The van der Waals surface area contributed by atoms with E-state index in [0.717, 1.165) is 18.4 Å². The van der Waals surface area contributed by atoms with Gasteiger partial charge in [-0.1, -0.05) is 32.9 Å². The molecule has 0 aromatic heterocycles. The molecule has 1 unspecified atom stereocenters. The predicted molar refractivity (Wildman–Crippen MR) is 62.2 cm³/mol. The van der Waals surface area contributed by atoms with Gasteiger partial charge in [-0.15, -0.1) is 0 Å². The molecule has 84 valence electrons. The summed E-state index contributed by atoms with van der Waals surface area (Å²) in [4.78, 5) is 0. The van der Waals surface area contributed by atoms with Crippen LogP contribution in [0, 0.1) is 11.7 Å². The summed E-state index contributed by atoms with van der Waals surface area (Å²) in [6.07, 6.45) is 1.64. The Morgan fingerprint density at radius 2 is 2.07 bits per heavy atom. The van der Waals surface area contributed by atoms with Crippen LogP contribution in [-0.2, 0) is 6.42 Å². The van der Waals surface area contributed by atoms with Gasteiger partial charge in [-0.3, -0.25) is 0 Å². The van der Waals surface area contributed by atoms with Crippen molar-refractivity contribution in [3.05, 3.63) is 35.6 Å². The molecule has 0 aliphatic rings. The minimum atomic E-state index is -0.228. The van der Waals surface area contributed by atoms with Gasteiger partial charge in [0, 0.05) is 5.54 Å². The fourth-order valence-corrected chi connectivity index (χ4v) is 1.76. The summed E-state index contributed by atoms with van der Waals surface area (Å²) in [5.41, 5.74) is 7.05. The van der Waals surface area contributed by atoms with Gasteiger partial charge in [0.2, 0.25) is 0 Å². The van der Waals surface area contributed by atoms with Crippen LogP contribution in [-0.4, -0.2) is 5.54 Å². The molecule has 1 aromatic carbocycles. The Balaban J connectivity index is 2.84. The van der Waals surface area contributed by atoms with Crippen molar-refractivity contribution in [1.82, 2.24) is 0 Å². The van der Waals surface area contributed by atoms with Gasteiger partial charge in [0.05, 0.1) is 0 Å². The van der Waals surface area contributed by atoms with Crippen LogP contribution in [0.25, 0.3) is 0 Å². The Bertz CT molecular complexity index is 322. The molecular formula is C13H20FN. The van der Waals surface area contributed by atoms with Gasteiger partial charge in [-0.05, 0) is 36.5 Å². The Labute approximate surface area is 91.5 Å². The number of nitrogens with two attached hydrogens (primary N) is 1. The van der Waals surface area contributed by atoms with Gasteiger partial charge >= 0.3 is 0 Å². The highest BCUT2D eigenvalue weighted by atomic mass is 19.1. The highest BCUT2D eigenvalue weighted by molar-refractivity contribution is 5.19. The van der Waals surface area contributed by atoms with E-state index < -0.39 is 0 Å². The molecule has 0 heterocycles. The molecule has 0 amide bonds. The van der Waals surface area contributed by atoms with E-state index in [2.05, 4.69) is 20.8 Å². The number of rotatable bonds is 4. The van der Waals surface area contributed by atoms with Gasteiger partial charge in [0.1, 0.15) is 5.82 Å². The van der Waals surface area contributed by atoms with E-state index in [1.165, 1.54) is 6.07 Å². The highest BCUT2D eigenvalue weighted by Crippen LogP contribution is 2.23. The van der Waals surface area contributed by atoms with Crippen LogP contribution in [0.3, 0.4) is 0 Å². The van der Waals surface area contributed by atoms with E-state index in [0.29, 0.717) is 5.92 Å². The second kappa shape index (κ2) is 4.75. The van der Waals surface area contributed by atoms with E-state index >= 15 is 0 Å². The van der Waals surface area contributed by atoms with Crippen molar-refractivity contribution in [2.75, 3.05) is 0 Å². The zero-order valence-electron chi connectivity index (χ0n) is 9.76. The Hall–Kier alpha value is -0.890. The Morgan fingerprint density at radius 3 is 2.53 bits per heavy atom. The normalized spacial score (nSPS) is 15.3. The largest absolute Gasteiger partial charge is 0.325 e. The quantitative estimate of drug-likeness (QED) is 0.810. The molecule has 0 aliphatic carbocycles. The summed E-state index contributed by atoms with van der Waals surface area (Å²) in [6, 6.07) is 6.70. The molecule has 1 rings (SSSR count). The van der Waals surface area contributed by atoms with Crippen molar-refractivity contribution in [2.45, 2.75) is 39.2 Å². The van der Waals surface area contributed by atoms with Crippen LogP contribution in [0.5, 0.6) is 0 Å². The minimum Gasteiger partial charge on any atom is -0.325 e. The monoisotopic (exact) mass is 209 g/mol. The first-order valence-electron chi connectivity index (χ1n) is 5.51. The van der Waals surface area contributed by atoms with Crippen LogP contribution in [0.2, 0.25) is 0 Å². The molecule has 0 fully saturated rings. The Kier molecular flexibility index (Phi) is 3.86. The maximum atomic E-state index is 13.0. The maximum Gasteiger partial charge on any atom is 0.123 e. The lowest BCUT2D eigenvalue weighted by Gasteiger charge is -2.32. The van der Waals surface area contributed by atoms with Gasteiger partial charge in [0.15, 0.2) is 0 Å². The van der Waals surface area contributed by atoms with Crippen molar-refractivity contribution < 1.29 is 4.39 Å². The molecule has 0 aliphatic heterocycles. The molecule has 2 N–H and O–H groups in total. The molecule has 0 saturated carbocycles. The molecule has 0 radical (unpaired) electrons. The van der Waals surface area contributed by atoms with E-state index in [-0.39, 0.29) is 11.4 Å². The lowest BCUT2D eigenvalue weighted by molar-refractivity contribution is 0.296. The first kappa shape index (κ1) is 12.2. The van der Waals surface area contributed by atoms with Crippen LogP contribution >= 0.6 is 0 Å². The molecule has 0 spiro atoms. The summed E-state index contributed by atoms with van der Waals surface area (Å²) >= 11 is 0. The number of benzene rings is 1. The second-order valence-corrected chi connectivity index (χ2v) is 4.55. The van der Waals surface area contributed by atoms with Gasteiger partial charge < -0.3 is 5.73 Å². The molecule has 1 atom stereocenters. The van der Waals surface area contributed by atoms with Crippen molar-refractivity contribution in [1.29, 1.82) is 0 Å². The average molecular weight is 209 g/mol. The third kappa shape index (κ3) is 3.03. The molecule has 1 nitrogen and oxygen atoms in total. The minimum absolute atomic E-state index is 0.185. The van der Waals surface area contributed by atoms with Crippen LogP contribution in [0.15, 0.2) is 24.3 Å². The lowest BCUT2D eigenvalue weighted by atomic mass is 9.80. The van der Waals surface area contributed by atoms with Crippen molar-refractivity contribution >= 4 is 0 Å². The number of hydrogen-bond donors (Lipinski definition) is 1. The summed E-state index contributed by atoms with van der Waals surface area (Å²) < 4.78 is 13.0. The maximum absolute atomic E-state index is 13.0. The van der Waals surface area contributed by atoms with E-state index in [1.807, 2.05) is 6.07 Å². The fourth-order valence-electron chi connectivity index (χ4n) is 1.76. The zero-order valence-corrected chi connectivity index (χ0v) is 9.76. The summed E-state index contributed by atoms with van der Waals surface area (Å²) in [6.45, 7) is 6.31. The van der Waals surface area contributed by atoms with Crippen LogP contribution < -0.4 is 5.73 Å². The SMILES string of the molecule is CCC(N)(Cc1cccc(F)c1)C(C)C. The highest BCUT2D eigenvalue weighted by Gasteiger charge is 2.27. The van der Waals surface area contributed by atoms with Gasteiger partial charge in [-0.2, -0.15) is 0 Å². The van der Waals surface area contributed by atoms with Crippen LogP contribution in [0.4, 0.5) is 4.39 Å². The van der Waals surface area contributed by atoms with Gasteiger partial charge in [0.25, 0.3) is 0 Å². The van der Waals surface area contributed by atoms with Crippen LogP contribution in [0.1, 0.15) is 32.8 Å². The number of hydrogen-bond acceptors (Lipinski definition) is 1. The smallest absolute Gasteiger partial charge is 0.123 e. The third-order valence-corrected chi connectivity index (χ3v) is 3.23. The molecule has 15 heavy (non-hydrogen) atoms. The summed E-state index contributed by atoms with van der Waals surface area (Å²) in [5.74, 6) is 0.209. The first-order valence-corrected chi connectivity index (χ1v) is 5.51. The fraction of sp³-hybridized carbons (Fsp3) is 0.538. The first-order chi connectivity index (χ1) is 6.98.